The Balaban J connectivity index is 0.00000289. The standard InChI is InChI=1S/C11H13F3N2O.ClH/c1-6-3-4-8(16-10(17)7(2)15)5-9(6)11(12,13)14;/h3-5,7H,15H2,1-2H3,(H,16,17);1H/t7-;/m0./s1. The quantitative estimate of drug-likeness (QED) is 0.876. The van der Waals surface area contributed by atoms with E-state index < -0.39 is 23.7 Å². The molecule has 0 fully saturated rings. The van der Waals surface area contributed by atoms with E-state index in [9.17, 15) is 18.0 Å². The number of halogens is 4. The van der Waals surface area contributed by atoms with Gasteiger partial charge in [-0.15, -0.1) is 12.4 Å². The van der Waals surface area contributed by atoms with E-state index >= 15 is 0 Å². The number of amides is 1. The van der Waals surface area contributed by atoms with Gasteiger partial charge in [-0.25, -0.2) is 0 Å². The van der Waals surface area contributed by atoms with Gasteiger partial charge in [0.25, 0.3) is 0 Å². The van der Waals surface area contributed by atoms with Crippen molar-refractivity contribution < 1.29 is 18.0 Å². The SMILES string of the molecule is Cc1ccc(NC(=O)[C@H](C)N)cc1C(F)(F)F.Cl. The number of nitrogens with two attached hydrogens (primary N) is 1. The van der Waals surface area contributed by atoms with Crippen LogP contribution >= 0.6 is 12.4 Å². The maximum Gasteiger partial charge on any atom is 0.416 e. The number of rotatable bonds is 2. The van der Waals surface area contributed by atoms with E-state index in [4.69, 9.17) is 5.73 Å². The van der Waals surface area contributed by atoms with Crippen molar-refractivity contribution >= 4 is 24.0 Å². The van der Waals surface area contributed by atoms with Crippen LogP contribution in [0.2, 0.25) is 0 Å². The van der Waals surface area contributed by atoms with Crippen molar-refractivity contribution in [1.82, 2.24) is 0 Å². The van der Waals surface area contributed by atoms with Crippen LogP contribution in [-0.2, 0) is 11.0 Å². The topological polar surface area (TPSA) is 55.1 Å². The van der Waals surface area contributed by atoms with Crippen molar-refractivity contribution in [2.45, 2.75) is 26.1 Å². The molecule has 102 valence electrons. The number of anilines is 1. The lowest BCUT2D eigenvalue weighted by atomic mass is 10.1. The summed E-state index contributed by atoms with van der Waals surface area (Å²) < 4.78 is 37.8. The van der Waals surface area contributed by atoms with Crippen LogP contribution in [0.3, 0.4) is 0 Å². The van der Waals surface area contributed by atoms with Crippen LogP contribution in [0.4, 0.5) is 18.9 Å². The van der Waals surface area contributed by atoms with Crippen molar-refractivity contribution in [2.24, 2.45) is 5.73 Å². The molecule has 7 heteroatoms. The summed E-state index contributed by atoms with van der Waals surface area (Å²) in [6.45, 7) is 2.81. The zero-order valence-electron chi connectivity index (χ0n) is 9.84. The predicted octanol–water partition coefficient (Wildman–Crippen LogP) is 2.72. The first-order valence-corrected chi connectivity index (χ1v) is 4.96. The number of carbonyl (C=O) groups excluding carboxylic acids is 1. The van der Waals surface area contributed by atoms with E-state index in [0.717, 1.165) is 6.07 Å². The molecule has 1 rings (SSSR count). The highest BCUT2D eigenvalue weighted by atomic mass is 35.5. The number of alkyl halides is 3. The van der Waals surface area contributed by atoms with E-state index in [0.29, 0.717) is 0 Å². The van der Waals surface area contributed by atoms with Gasteiger partial charge in [-0.2, -0.15) is 13.2 Å². The summed E-state index contributed by atoms with van der Waals surface area (Å²) in [4.78, 5) is 11.2. The normalized spacial score (nSPS) is 12.6. The molecule has 0 radical (unpaired) electrons. The Morgan fingerprint density at radius 1 is 1.39 bits per heavy atom. The van der Waals surface area contributed by atoms with E-state index in [2.05, 4.69) is 5.32 Å². The zero-order chi connectivity index (χ0) is 13.2. The lowest BCUT2D eigenvalue weighted by Crippen LogP contribution is -2.32. The van der Waals surface area contributed by atoms with Gasteiger partial charge < -0.3 is 11.1 Å². The highest BCUT2D eigenvalue weighted by Crippen LogP contribution is 2.33. The Morgan fingerprint density at radius 2 is 1.94 bits per heavy atom. The van der Waals surface area contributed by atoms with Gasteiger partial charge in [0.15, 0.2) is 0 Å². The number of aryl methyl sites for hydroxylation is 1. The molecule has 3 N–H and O–H groups in total. The first-order chi connectivity index (χ1) is 7.71. The lowest BCUT2D eigenvalue weighted by Gasteiger charge is -2.13. The molecule has 0 bridgehead atoms. The second-order valence-corrected chi connectivity index (χ2v) is 3.81. The average molecular weight is 283 g/mol. The summed E-state index contributed by atoms with van der Waals surface area (Å²) in [5, 5.41) is 2.32. The Morgan fingerprint density at radius 3 is 2.39 bits per heavy atom. The molecule has 0 unspecified atom stereocenters. The molecule has 1 amide bonds. The minimum atomic E-state index is -4.43. The highest BCUT2D eigenvalue weighted by molar-refractivity contribution is 5.94. The molecule has 0 aliphatic carbocycles. The third-order valence-electron chi connectivity index (χ3n) is 2.22. The number of hydrogen-bond acceptors (Lipinski definition) is 2. The van der Waals surface area contributed by atoms with Gasteiger partial charge in [-0.05, 0) is 31.5 Å². The molecule has 0 aromatic heterocycles. The molecule has 1 aromatic rings. The number of nitrogens with one attached hydrogen (secondary N) is 1. The molecular formula is C11H14ClF3N2O. The maximum atomic E-state index is 12.6. The lowest BCUT2D eigenvalue weighted by molar-refractivity contribution is -0.138. The molecule has 0 spiro atoms. The third kappa shape index (κ3) is 4.19. The monoisotopic (exact) mass is 282 g/mol. The summed E-state index contributed by atoms with van der Waals surface area (Å²) in [5.41, 5.74) is 4.74. The highest BCUT2D eigenvalue weighted by Gasteiger charge is 2.32. The van der Waals surface area contributed by atoms with Gasteiger partial charge in [0, 0.05) is 5.69 Å². The van der Waals surface area contributed by atoms with Crippen molar-refractivity contribution in [3.8, 4) is 0 Å². The summed E-state index contributed by atoms with van der Waals surface area (Å²) in [7, 11) is 0. The van der Waals surface area contributed by atoms with Gasteiger partial charge in [0.2, 0.25) is 5.91 Å². The summed E-state index contributed by atoms with van der Waals surface area (Å²) in [5.74, 6) is -0.526. The predicted molar refractivity (Wildman–Crippen MR) is 65.7 cm³/mol. The van der Waals surface area contributed by atoms with E-state index in [1.165, 1.54) is 26.0 Å². The number of benzene rings is 1. The molecule has 0 aliphatic heterocycles. The van der Waals surface area contributed by atoms with Crippen LogP contribution in [0, 0.1) is 6.92 Å². The number of carbonyl (C=O) groups is 1. The largest absolute Gasteiger partial charge is 0.416 e. The van der Waals surface area contributed by atoms with Crippen LogP contribution in [0.1, 0.15) is 18.1 Å². The fourth-order valence-electron chi connectivity index (χ4n) is 1.26. The van der Waals surface area contributed by atoms with Crippen LogP contribution in [-0.4, -0.2) is 11.9 Å². The molecule has 0 heterocycles. The second kappa shape index (κ2) is 6.06. The first-order valence-electron chi connectivity index (χ1n) is 4.96. The van der Waals surface area contributed by atoms with E-state index in [1.54, 1.807) is 0 Å². The van der Waals surface area contributed by atoms with Crippen LogP contribution < -0.4 is 11.1 Å². The Kier molecular flexibility index (Phi) is 5.63. The molecule has 1 aromatic carbocycles. The van der Waals surface area contributed by atoms with Crippen molar-refractivity contribution in [2.75, 3.05) is 5.32 Å². The summed E-state index contributed by atoms with van der Waals surface area (Å²) in [6, 6.07) is 2.84. The fourth-order valence-corrected chi connectivity index (χ4v) is 1.26. The Bertz CT molecular complexity index is 433. The van der Waals surface area contributed by atoms with Gasteiger partial charge in [0.1, 0.15) is 0 Å². The minimum Gasteiger partial charge on any atom is -0.325 e. The van der Waals surface area contributed by atoms with E-state index in [1.807, 2.05) is 0 Å². The van der Waals surface area contributed by atoms with Crippen LogP contribution in [0.25, 0.3) is 0 Å². The van der Waals surface area contributed by atoms with Crippen molar-refractivity contribution in [1.29, 1.82) is 0 Å². The third-order valence-corrected chi connectivity index (χ3v) is 2.22. The van der Waals surface area contributed by atoms with Crippen LogP contribution in [0.15, 0.2) is 18.2 Å². The van der Waals surface area contributed by atoms with Gasteiger partial charge in [0.05, 0.1) is 11.6 Å². The molecular weight excluding hydrogens is 269 g/mol. The Hall–Kier alpha value is -1.27. The van der Waals surface area contributed by atoms with Gasteiger partial charge >= 0.3 is 6.18 Å². The maximum absolute atomic E-state index is 12.6. The number of hydrogen-bond donors (Lipinski definition) is 2. The first kappa shape index (κ1) is 16.7. The van der Waals surface area contributed by atoms with Gasteiger partial charge in [-0.1, -0.05) is 6.07 Å². The van der Waals surface area contributed by atoms with Crippen molar-refractivity contribution in [3.05, 3.63) is 29.3 Å². The second-order valence-electron chi connectivity index (χ2n) is 3.81. The minimum absolute atomic E-state index is 0. The molecule has 0 aliphatic rings. The molecule has 1 atom stereocenters. The summed E-state index contributed by atoms with van der Waals surface area (Å²) in [6.07, 6.45) is -4.43. The van der Waals surface area contributed by atoms with Gasteiger partial charge in [-0.3, -0.25) is 4.79 Å². The zero-order valence-corrected chi connectivity index (χ0v) is 10.7. The molecule has 0 saturated heterocycles. The Labute approximate surface area is 109 Å². The smallest absolute Gasteiger partial charge is 0.325 e. The molecule has 3 nitrogen and oxygen atoms in total. The van der Waals surface area contributed by atoms with Crippen molar-refractivity contribution in [3.63, 3.8) is 0 Å². The fraction of sp³-hybridized carbons (Fsp3) is 0.364. The molecule has 18 heavy (non-hydrogen) atoms. The molecule has 0 saturated carbocycles. The van der Waals surface area contributed by atoms with Crippen LogP contribution in [0.5, 0.6) is 0 Å². The van der Waals surface area contributed by atoms with E-state index in [-0.39, 0.29) is 23.7 Å². The summed E-state index contributed by atoms with van der Waals surface area (Å²) >= 11 is 0. The average Bonchev–Trinajstić information content (AvgIpc) is 2.19.